The van der Waals surface area contributed by atoms with Crippen LogP contribution >= 0.6 is 0 Å². The third-order valence-corrected chi connectivity index (χ3v) is 4.18. The Morgan fingerprint density at radius 1 is 1.17 bits per heavy atom. The molecule has 1 saturated carbocycles. The highest BCUT2D eigenvalue weighted by Crippen LogP contribution is 2.25. The molecule has 0 unspecified atom stereocenters. The molecule has 1 aromatic rings. The van der Waals surface area contributed by atoms with Crippen molar-refractivity contribution in [3.8, 4) is 0 Å². The van der Waals surface area contributed by atoms with E-state index in [0.717, 1.165) is 31.2 Å². The van der Waals surface area contributed by atoms with Crippen molar-refractivity contribution in [2.45, 2.75) is 52.0 Å². The summed E-state index contributed by atoms with van der Waals surface area (Å²) in [6.45, 7) is 4.20. The van der Waals surface area contributed by atoms with Gasteiger partial charge in [0.1, 0.15) is 5.78 Å². The fourth-order valence-corrected chi connectivity index (χ4v) is 2.70. The zero-order valence-electron chi connectivity index (χ0n) is 11.4. The van der Waals surface area contributed by atoms with E-state index in [4.69, 9.17) is 5.73 Å². The second-order valence-electron chi connectivity index (χ2n) is 5.67. The highest BCUT2D eigenvalue weighted by Gasteiger charge is 2.24. The molecule has 0 heterocycles. The van der Waals surface area contributed by atoms with Crippen molar-refractivity contribution in [2.24, 2.45) is 11.7 Å². The number of benzene rings is 1. The lowest BCUT2D eigenvalue weighted by molar-refractivity contribution is -0.123. The highest BCUT2D eigenvalue weighted by molar-refractivity contribution is 5.83. The van der Waals surface area contributed by atoms with Crippen LogP contribution in [-0.4, -0.2) is 11.8 Å². The van der Waals surface area contributed by atoms with Crippen molar-refractivity contribution >= 4 is 5.78 Å². The van der Waals surface area contributed by atoms with Crippen molar-refractivity contribution in [2.75, 3.05) is 0 Å². The van der Waals surface area contributed by atoms with Gasteiger partial charge in [-0.25, -0.2) is 0 Å². The van der Waals surface area contributed by atoms with E-state index in [1.807, 2.05) is 0 Å². The van der Waals surface area contributed by atoms with Crippen LogP contribution in [0.15, 0.2) is 18.2 Å². The van der Waals surface area contributed by atoms with Gasteiger partial charge in [0.2, 0.25) is 0 Å². The average molecular weight is 245 g/mol. The molecule has 18 heavy (non-hydrogen) atoms. The first kappa shape index (κ1) is 13.3. The van der Waals surface area contributed by atoms with Crippen LogP contribution in [0.1, 0.15) is 42.4 Å². The Hall–Kier alpha value is -1.15. The van der Waals surface area contributed by atoms with E-state index in [1.165, 1.54) is 11.1 Å². The van der Waals surface area contributed by atoms with Gasteiger partial charge >= 0.3 is 0 Å². The SMILES string of the molecule is Cc1ccc(CC(=O)C2CCC(N)CC2)cc1C. The van der Waals surface area contributed by atoms with Gasteiger partial charge < -0.3 is 5.73 Å². The monoisotopic (exact) mass is 245 g/mol. The zero-order chi connectivity index (χ0) is 13.1. The molecule has 98 valence electrons. The maximum atomic E-state index is 12.2. The van der Waals surface area contributed by atoms with Crippen LogP contribution in [0.2, 0.25) is 0 Å². The van der Waals surface area contributed by atoms with Crippen LogP contribution in [0.5, 0.6) is 0 Å². The van der Waals surface area contributed by atoms with Crippen LogP contribution in [-0.2, 0) is 11.2 Å². The molecule has 1 aromatic carbocycles. The molecular formula is C16H23NO. The Morgan fingerprint density at radius 3 is 2.44 bits per heavy atom. The fourth-order valence-electron chi connectivity index (χ4n) is 2.70. The molecule has 2 nitrogen and oxygen atoms in total. The Morgan fingerprint density at radius 2 is 1.83 bits per heavy atom. The lowest BCUT2D eigenvalue weighted by atomic mass is 9.82. The molecule has 1 fully saturated rings. The fraction of sp³-hybridized carbons (Fsp3) is 0.562. The van der Waals surface area contributed by atoms with Crippen LogP contribution in [0.3, 0.4) is 0 Å². The number of carbonyl (C=O) groups excluding carboxylic acids is 1. The number of hydrogen-bond donors (Lipinski definition) is 1. The van der Waals surface area contributed by atoms with Crippen molar-refractivity contribution in [3.63, 3.8) is 0 Å². The Balaban J connectivity index is 1.96. The lowest BCUT2D eigenvalue weighted by Crippen LogP contribution is -2.30. The van der Waals surface area contributed by atoms with Gasteiger partial charge in [-0.1, -0.05) is 18.2 Å². The van der Waals surface area contributed by atoms with E-state index in [0.29, 0.717) is 18.2 Å². The molecule has 1 aliphatic carbocycles. The summed E-state index contributed by atoms with van der Waals surface area (Å²) in [7, 11) is 0. The molecule has 0 amide bonds. The topological polar surface area (TPSA) is 43.1 Å². The normalized spacial score (nSPS) is 23.9. The number of ketones is 1. The van der Waals surface area contributed by atoms with Crippen molar-refractivity contribution in [1.82, 2.24) is 0 Å². The summed E-state index contributed by atoms with van der Waals surface area (Å²) >= 11 is 0. The number of hydrogen-bond acceptors (Lipinski definition) is 2. The first-order chi connectivity index (χ1) is 8.56. The van der Waals surface area contributed by atoms with Crippen LogP contribution < -0.4 is 5.73 Å². The van der Waals surface area contributed by atoms with E-state index in [1.54, 1.807) is 0 Å². The molecule has 0 spiro atoms. The predicted octanol–water partition coefficient (Wildman–Crippen LogP) is 2.93. The number of rotatable bonds is 3. The number of nitrogens with two attached hydrogens (primary N) is 1. The van der Waals surface area contributed by atoms with E-state index in [-0.39, 0.29) is 5.92 Å². The smallest absolute Gasteiger partial charge is 0.140 e. The van der Waals surface area contributed by atoms with Crippen LogP contribution in [0.4, 0.5) is 0 Å². The summed E-state index contributed by atoms with van der Waals surface area (Å²) < 4.78 is 0. The summed E-state index contributed by atoms with van der Waals surface area (Å²) in [4.78, 5) is 12.2. The molecule has 2 N–H and O–H groups in total. The van der Waals surface area contributed by atoms with Gasteiger partial charge in [0.05, 0.1) is 0 Å². The van der Waals surface area contributed by atoms with E-state index < -0.39 is 0 Å². The summed E-state index contributed by atoms with van der Waals surface area (Å²) in [6.07, 6.45) is 4.55. The molecule has 0 saturated heterocycles. The largest absolute Gasteiger partial charge is 0.328 e. The quantitative estimate of drug-likeness (QED) is 0.889. The van der Waals surface area contributed by atoms with E-state index >= 15 is 0 Å². The molecule has 0 aliphatic heterocycles. The molecule has 2 rings (SSSR count). The Kier molecular flexibility index (Phi) is 4.18. The highest BCUT2D eigenvalue weighted by atomic mass is 16.1. The minimum Gasteiger partial charge on any atom is -0.328 e. The van der Waals surface area contributed by atoms with Gasteiger partial charge in [0.15, 0.2) is 0 Å². The minimum atomic E-state index is 0.242. The van der Waals surface area contributed by atoms with Crippen LogP contribution in [0.25, 0.3) is 0 Å². The second-order valence-corrected chi connectivity index (χ2v) is 5.67. The predicted molar refractivity (Wildman–Crippen MR) is 74.6 cm³/mol. The Labute approximate surface area is 110 Å². The molecule has 1 aliphatic rings. The van der Waals surface area contributed by atoms with Gasteiger partial charge in [-0.05, 0) is 56.2 Å². The second kappa shape index (κ2) is 5.66. The van der Waals surface area contributed by atoms with E-state index in [9.17, 15) is 4.79 Å². The molecule has 0 bridgehead atoms. The van der Waals surface area contributed by atoms with Gasteiger partial charge in [-0.3, -0.25) is 4.79 Å². The average Bonchev–Trinajstić information content (AvgIpc) is 2.34. The number of aryl methyl sites for hydroxylation is 2. The summed E-state index contributed by atoms with van der Waals surface area (Å²) in [6, 6.07) is 6.64. The van der Waals surface area contributed by atoms with Gasteiger partial charge in [0.25, 0.3) is 0 Å². The van der Waals surface area contributed by atoms with Crippen LogP contribution in [0, 0.1) is 19.8 Å². The molecule has 2 heteroatoms. The number of carbonyl (C=O) groups is 1. The zero-order valence-corrected chi connectivity index (χ0v) is 11.4. The maximum absolute atomic E-state index is 12.2. The Bertz CT molecular complexity index is 431. The minimum absolute atomic E-state index is 0.242. The third-order valence-electron chi connectivity index (χ3n) is 4.18. The molecule has 0 radical (unpaired) electrons. The summed E-state index contributed by atoms with van der Waals surface area (Å²) in [5.41, 5.74) is 9.58. The van der Waals surface area contributed by atoms with Crippen molar-refractivity contribution in [3.05, 3.63) is 34.9 Å². The van der Waals surface area contributed by atoms with E-state index in [2.05, 4.69) is 32.0 Å². The third kappa shape index (κ3) is 3.20. The van der Waals surface area contributed by atoms with Gasteiger partial charge in [-0.2, -0.15) is 0 Å². The van der Waals surface area contributed by atoms with Crippen molar-refractivity contribution < 1.29 is 4.79 Å². The first-order valence-electron chi connectivity index (χ1n) is 6.90. The standard InChI is InChI=1S/C16H23NO/c1-11-3-4-13(9-12(11)2)10-16(18)14-5-7-15(17)8-6-14/h3-4,9,14-15H,5-8,10,17H2,1-2H3. The summed E-state index contributed by atoms with van der Waals surface area (Å²) in [5.74, 6) is 0.636. The molecule has 0 aromatic heterocycles. The maximum Gasteiger partial charge on any atom is 0.140 e. The molecule has 0 atom stereocenters. The number of Topliss-reactive ketones (excluding diaryl/α,β-unsaturated/α-hetero) is 1. The molecular weight excluding hydrogens is 222 g/mol. The first-order valence-corrected chi connectivity index (χ1v) is 6.90. The summed E-state index contributed by atoms with van der Waals surface area (Å²) in [5, 5.41) is 0. The van der Waals surface area contributed by atoms with Gasteiger partial charge in [-0.15, -0.1) is 0 Å². The lowest BCUT2D eigenvalue weighted by Gasteiger charge is -2.25. The van der Waals surface area contributed by atoms with Gasteiger partial charge in [0, 0.05) is 18.4 Å². The van der Waals surface area contributed by atoms with Crippen molar-refractivity contribution in [1.29, 1.82) is 0 Å².